The van der Waals surface area contributed by atoms with Crippen LogP contribution in [0.5, 0.6) is 0 Å². The minimum absolute atomic E-state index is 0.107. The van der Waals surface area contributed by atoms with Crippen LogP contribution in [-0.4, -0.2) is 44.2 Å². The maximum atomic E-state index is 12.7. The fraction of sp³-hybridized carbons (Fsp3) is 0.545. The lowest BCUT2D eigenvalue weighted by Crippen LogP contribution is -2.46. The summed E-state index contributed by atoms with van der Waals surface area (Å²) in [4.78, 5) is 14.4. The number of amides is 1. The minimum Gasteiger partial charge on any atom is -0.356 e. The highest BCUT2D eigenvalue weighted by molar-refractivity contribution is 8.00. The zero-order chi connectivity index (χ0) is 21.2. The maximum absolute atomic E-state index is 12.7. The van der Waals surface area contributed by atoms with Crippen LogP contribution in [-0.2, 0) is 14.8 Å². The summed E-state index contributed by atoms with van der Waals surface area (Å²) in [5, 5.41) is 3.12. The van der Waals surface area contributed by atoms with Crippen LogP contribution in [0.4, 0.5) is 0 Å². The number of hydrogen-bond donors (Lipinski definition) is 1. The number of rotatable bonds is 5. The maximum Gasteiger partial charge on any atom is 0.285 e. The predicted molar refractivity (Wildman–Crippen MR) is 117 cm³/mol. The number of piperidine rings is 1. The largest absolute Gasteiger partial charge is 0.356 e. The Hall–Kier alpha value is -2.15. The SMILES string of the molecule is CC1=C(c2ccc(C)cc2)S(=O)(=O)N=C1N1CCC(NC(=O)CCC(C)C)CC1. The molecule has 3 rings (SSSR count). The van der Waals surface area contributed by atoms with Crippen molar-refractivity contribution >= 4 is 26.7 Å². The van der Waals surface area contributed by atoms with Crippen molar-refractivity contribution in [1.29, 1.82) is 0 Å². The van der Waals surface area contributed by atoms with Gasteiger partial charge < -0.3 is 10.2 Å². The van der Waals surface area contributed by atoms with E-state index in [4.69, 9.17) is 0 Å². The molecule has 1 saturated heterocycles. The first-order chi connectivity index (χ1) is 13.7. The van der Waals surface area contributed by atoms with Crippen LogP contribution in [0.15, 0.2) is 34.2 Å². The number of hydrogen-bond acceptors (Lipinski definition) is 4. The summed E-state index contributed by atoms with van der Waals surface area (Å²) in [6, 6.07) is 7.64. The van der Waals surface area contributed by atoms with Crippen molar-refractivity contribution in [2.75, 3.05) is 13.1 Å². The Balaban J connectivity index is 1.66. The van der Waals surface area contributed by atoms with Crippen molar-refractivity contribution in [3.8, 4) is 0 Å². The Morgan fingerprint density at radius 2 is 1.79 bits per heavy atom. The van der Waals surface area contributed by atoms with E-state index >= 15 is 0 Å². The van der Waals surface area contributed by atoms with Crippen LogP contribution < -0.4 is 5.32 Å². The fourth-order valence-corrected chi connectivity index (χ4v) is 5.33. The van der Waals surface area contributed by atoms with E-state index in [1.165, 1.54) is 0 Å². The van der Waals surface area contributed by atoms with Crippen molar-refractivity contribution in [2.45, 2.75) is 59.4 Å². The van der Waals surface area contributed by atoms with Crippen LogP contribution in [0.1, 0.15) is 57.6 Å². The lowest BCUT2D eigenvalue weighted by Gasteiger charge is -2.33. The van der Waals surface area contributed by atoms with E-state index in [0.29, 0.717) is 47.3 Å². The molecule has 6 nitrogen and oxygen atoms in total. The highest BCUT2D eigenvalue weighted by Crippen LogP contribution is 2.34. The van der Waals surface area contributed by atoms with Crippen molar-refractivity contribution in [3.63, 3.8) is 0 Å². The zero-order valence-electron chi connectivity index (χ0n) is 17.7. The van der Waals surface area contributed by atoms with E-state index in [1.807, 2.05) is 43.0 Å². The minimum atomic E-state index is -3.69. The number of sulfonamides is 1. The standard InChI is InChI=1S/C22H31N3O3S/c1-15(2)5-10-20(26)23-19-11-13-25(14-12-19)22-17(4)21(29(27,28)24-22)18-8-6-16(3)7-9-18/h6-9,15,19H,5,10-14H2,1-4H3,(H,23,26). The van der Waals surface area contributed by atoms with Gasteiger partial charge in [0.2, 0.25) is 5.91 Å². The normalized spacial score (nSPS) is 19.6. The van der Waals surface area contributed by atoms with Gasteiger partial charge in [0.15, 0.2) is 0 Å². The molecule has 158 valence electrons. The summed E-state index contributed by atoms with van der Waals surface area (Å²) in [7, 11) is -3.69. The Morgan fingerprint density at radius 3 is 2.38 bits per heavy atom. The van der Waals surface area contributed by atoms with Crippen LogP contribution >= 0.6 is 0 Å². The number of nitrogens with one attached hydrogen (secondary N) is 1. The molecule has 0 radical (unpaired) electrons. The van der Waals surface area contributed by atoms with Crippen molar-refractivity contribution in [1.82, 2.24) is 10.2 Å². The zero-order valence-corrected chi connectivity index (χ0v) is 18.6. The molecule has 1 N–H and O–H groups in total. The molecule has 0 unspecified atom stereocenters. The summed E-state index contributed by atoms with van der Waals surface area (Å²) >= 11 is 0. The Morgan fingerprint density at radius 1 is 1.17 bits per heavy atom. The van der Waals surface area contributed by atoms with Crippen molar-refractivity contribution in [2.24, 2.45) is 10.3 Å². The van der Waals surface area contributed by atoms with Crippen molar-refractivity contribution < 1.29 is 13.2 Å². The summed E-state index contributed by atoms with van der Waals surface area (Å²) in [6.07, 6.45) is 3.04. The van der Waals surface area contributed by atoms with Gasteiger partial charge in [-0.05, 0) is 44.6 Å². The number of likely N-dealkylation sites (tertiary alicyclic amines) is 1. The van der Waals surface area contributed by atoms with E-state index in [1.54, 1.807) is 0 Å². The molecule has 0 bridgehead atoms. The summed E-state index contributed by atoms with van der Waals surface area (Å²) < 4.78 is 29.5. The second-order valence-electron chi connectivity index (χ2n) is 8.47. The summed E-state index contributed by atoms with van der Waals surface area (Å²) in [5.41, 5.74) is 2.47. The molecule has 1 amide bonds. The second-order valence-corrected chi connectivity index (χ2v) is 10.0. The monoisotopic (exact) mass is 417 g/mol. The first-order valence-electron chi connectivity index (χ1n) is 10.3. The Labute approximate surface area is 174 Å². The molecule has 1 fully saturated rings. The first kappa shape index (κ1) is 21.6. The van der Waals surface area contributed by atoms with E-state index in [9.17, 15) is 13.2 Å². The molecule has 0 spiro atoms. The van der Waals surface area contributed by atoms with Crippen LogP contribution in [0.25, 0.3) is 4.91 Å². The molecule has 0 aromatic heterocycles. The van der Waals surface area contributed by atoms with Crippen LogP contribution in [0.2, 0.25) is 0 Å². The average molecular weight is 418 g/mol. The van der Waals surface area contributed by atoms with E-state index in [2.05, 4.69) is 23.6 Å². The van der Waals surface area contributed by atoms with Gasteiger partial charge in [-0.1, -0.05) is 43.7 Å². The smallest absolute Gasteiger partial charge is 0.285 e. The first-order valence-corrected chi connectivity index (χ1v) is 11.8. The van der Waals surface area contributed by atoms with Gasteiger partial charge in [-0.25, -0.2) is 0 Å². The third-order valence-corrected chi connectivity index (χ3v) is 7.03. The summed E-state index contributed by atoms with van der Waals surface area (Å²) in [6.45, 7) is 9.40. The molecule has 2 heterocycles. The highest BCUT2D eigenvalue weighted by atomic mass is 32.2. The third-order valence-electron chi connectivity index (χ3n) is 5.56. The number of aryl methyl sites for hydroxylation is 1. The van der Waals surface area contributed by atoms with Gasteiger partial charge in [-0.2, -0.15) is 8.42 Å². The second kappa shape index (κ2) is 8.69. The molecule has 29 heavy (non-hydrogen) atoms. The van der Waals surface area contributed by atoms with Gasteiger partial charge in [0.25, 0.3) is 10.0 Å². The average Bonchev–Trinajstić information content (AvgIpc) is 2.91. The van der Waals surface area contributed by atoms with E-state index in [-0.39, 0.29) is 11.9 Å². The molecule has 0 aliphatic carbocycles. The molecule has 1 aromatic carbocycles. The third kappa shape index (κ3) is 5.07. The summed E-state index contributed by atoms with van der Waals surface area (Å²) in [5.74, 6) is 1.17. The van der Waals surface area contributed by atoms with Crippen molar-refractivity contribution in [3.05, 3.63) is 41.0 Å². The van der Waals surface area contributed by atoms with Crippen LogP contribution in [0.3, 0.4) is 0 Å². The molecule has 2 aliphatic rings. The fourth-order valence-electron chi connectivity index (χ4n) is 3.84. The van der Waals surface area contributed by atoms with Gasteiger partial charge in [-0.3, -0.25) is 4.79 Å². The molecule has 0 saturated carbocycles. The van der Waals surface area contributed by atoms with Gasteiger partial charge in [-0.15, -0.1) is 4.40 Å². The van der Waals surface area contributed by atoms with Gasteiger partial charge in [0, 0.05) is 31.1 Å². The number of benzene rings is 1. The van der Waals surface area contributed by atoms with E-state index < -0.39 is 10.0 Å². The van der Waals surface area contributed by atoms with E-state index in [0.717, 1.165) is 24.8 Å². The Kier molecular flexibility index (Phi) is 6.46. The topological polar surface area (TPSA) is 78.8 Å². The molecule has 0 atom stereocenters. The van der Waals surface area contributed by atoms with Gasteiger partial charge in [0.1, 0.15) is 10.7 Å². The molecule has 7 heteroatoms. The lowest BCUT2D eigenvalue weighted by atomic mass is 10.0. The number of carbonyl (C=O) groups is 1. The number of carbonyl (C=O) groups excluding carboxylic acids is 1. The molecular formula is C22H31N3O3S. The number of nitrogens with zero attached hydrogens (tertiary/aromatic N) is 2. The highest BCUT2D eigenvalue weighted by Gasteiger charge is 2.34. The Bertz CT molecular complexity index is 923. The molecular weight excluding hydrogens is 386 g/mol. The molecule has 2 aliphatic heterocycles. The predicted octanol–water partition coefficient (Wildman–Crippen LogP) is 3.48. The molecule has 1 aromatic rings. The lowest BCUT2D eigenvalue weighted by molar-refractivity contribution is -0.122. The van der Waals surface area contributed by atoms with Crippen LogP contribution in [0, 0.1) is 12.8 Å². The van der Waals surface area contributed by atoms with Gasteiger partial charge in [0.05, 0.1) is 0 Å². The van der Waals surface area contributed by atoms with Gasteiger partial charge >= 0.3 is 0 Å². The number of amidine groups is 1. The quantitative estimate of drug-likeness (QED) is 0.795.